The quantitative estimate of drug-likeness (QED) is 0.873. The fourth-order valence-electron chi connectivity index (χ4n) is 2.26. The summed E-state index contributed by atoms with van der Waals surface area (Å²) >= 11 is 0. The second-order valence-electron chi connectivity index (χ2n) is 6.89. The van der Waals surface area contributed by atoms with Crippen molar-refractivity contribution in [3.8, 4) is 0 Å². The molecule has 0 spiro atoms. The molecule has 0 saturated carbocycles. The smallest absolute Gasteiger partial charge is 0.258 e. The molecule has 1 aromatic carbocycles. The number of amides is 1. The molecule has 122 valence electrons. The Morgan fingerprint density at radius 2 is 1.65 bits per heavy atom. The molecule has 0 bridgehead atoms. The number of aromatic nitrogens is 1. The third kappa shape index (κ3) is 3.33. The molecule has 23 heavy (non-hydrogen) atoms. The third-order valence-corrected chi connectivity index (χ3v) is 3.78. The van der Waals surface area contributed by atoms with Crippen LogP contribution in [-0.2, 0) is 11.3 Å². The predicted molar refractivity (Wildman–Crippen MR) is 90.7 cm³/mol. The van der Waals surface area contributed by atoms with Gasteiger partial charge in [0, 0.05) is 36.5 Å². The minimum atomic E-state index is -0.545. The van der Waals surface area contributed by atoms with E-state index in [9.17, 15) is 14.4 Å². The molecule has 1 amide bonds. The predicted octanol–water partition coefficient (Wildman–Crippen LogP) is 2.32. The van der Waals surface area contributed by atoms with Gasteiger partial charge in [-0.1, -0.05) is 39.0 Å². The van der Waals surface area contributed by atoms with Gasteiger partial charge in [-0.2, -0.15) is 0 Å². The van der Waals surface area contributed by atoms with Crippen LogP contribution in [0.1, 0.15) is 31.1 Å². The van der Waals surface area contributed by atoms with E-state index in [-0.39, 0.29) is 23.8 Å². The Hall–Kier alpha value is -2.43. The molecule has 2 rings (SSSR count). The number of fused-ring (bicyclic) bond motifs is 1. The van der Waals surface area contributed by atoms with Crippen molar-refractivity contribution in [3.05, 3.63) is 46.4 Å². The summed E-state index contributed by atoms with van der Waals surface area (Å²) in [6, 6.07) is 6.98. The number of carbonyl (C=O) groups is 2. The van der Waals surface area contributed by atoms with Gasteiger partial charge in [-0.15, -0.1) is 0 Å². The zero-order valence-corrected chi connectivity index (χ0v) is 14.2. The van der Waals surface area contributed by atoms with Crippen LogP contribution in [-0.4, -0.2) is 35.3 Å². The van der Waals surface area contributed by atoms with E-state index in [0.29, 0.717) is 16.3 Å². The number of rotatable bonds is 3. The van der Waals surface area contributed by atoms with Crippen LogP contribution < -0.4 is 5.56 Å². The molecule has 0 aliphatic carbocycles. The summed E-state index contributed by atoms with van der Waals surface area (Å²) in [4.78, 5) is 38.8. The fourth-order valence-corrected chi connectivity index (χ4v) is 2.26. The molecule has 0 aliphatic heterocycles. The molecular weight excluding hydrogens is 292 g/mol. The van der Waals surface area contributed by atoms with Gasteiger partial charge in [0.05, 0.1) is 12.1 Å². The zero-order chi connectivity index (χ0) is 17.4. The number of hydrogen-bond donors (Lipinski definition) is 0. The number of nitrogens with zero attached hydrogens (tertiary/aromatic N) is 2. The van der Waals surface area contributed by atoms with E-state index in [2.05, 4.69) is 0 Å². The van der Waals surface area contributed by atoms with E-state index >= 15 is 0 Å². The molecule has 5 heteroatoms. The molecule has 0 atom stereocenters. The largest absolute Gasteiger partial charge is 0.345 e. The molecule has 0 fully saturated rings. The summed E-state index contributed by atoms with van der Waals surface area (Å²) in [5, 5.41) is 1.05. The zero-order valence-electron chi connectivity index (χ0n) is 14.2. The van der Waals surface area contributed by atoms with Crippen molar-refractivity contribution in [2.75, 3.05) is 14.1 Å². The normalized spacial score (nSPS) is 11.5. The lowest BCUT2D eigenvalue weighted by molar-refractivity contribution is -0.126. The number of carbonyl (C=O) groups excluding carboxylic acids is 2. The van der Waals surface area contributed by atoms with Crippen molar-refractivity contribution in [1.82, 2.24) is 9.47 Å². The van der Waals surface area contributed by atoms with Gasteiger partial charge < -0.3 is 9.47 Å². The van der Waals surface area contributed by atoms with Crippen molar-refractivity contribution in [2.45, 2.75) is 27.3 Å². The highest BCUT2D eigenvalue weighted by Gasteiger charge is 2.23. The lowest BCUT2D eigenvalue weighted by Gasteiger charge is -2.19. The molecule has 0 radical (unpaired) electrons. The van der Waals surface area contributed by atoms with Crippen LogP contribution in [0.4, 0.5) is 0 Å². The monoisotopic (exact) mass is 314 g/mol. The van der Waals surface area contributed by atoms with Gasteiger partial charge >= 0.3 is 0 Å². The average molecular weight is 314 g/mol. The van der Waals surface area contributed by atoms with E-state index in [1.54, 1.807) is 38.4 Å². The van der Waals surface area contributed by atoms with Crippen LogP contribution in [0.2, 0.25) is 0 Å². The first-order chi connectivity index (χ1) is 10.6. The molecule has 2 aromatic rings. The van der Waals surface area contributed by atoms with Gasteiger partial charge in [0.15, 0.2) is 5.78 Å². The first kappa shape index (κ1) is 16.9. The van der Waals surface area contributed by atoms with Crippen LogP contribution in [0.3, 0.4) is 0 Å². The Labute approximate surface area is 135 Å². The summed E-state index contributed by atoms with van der Waals surface area (Å²) in [6.07, 6.45) is 1.50. The highest BCUT2D eigenvalue weighted by Crippen LogP contribution is 2.19. The van der Waals surface area contributed by atoms with Crippen LogP contribution in [0.15, 0.2) is 35.3 Å². The Balaban J connectivity index is 2.68. The van der Waals surface area contributed by atoms with Crippen molar-refractivity contribution in [3.63, 3.8) is 0 Å². The topological polar surface area (TPSA) is 59.4 Å². The summed E-state index contributed by atoms with van der Waals surface area (Å²) < 4.78 is 1.34. The van der Waals surface area contributed by atoms with Crippen LogP contribution in [0.25, 0.3) is 10.8 Å². The highest BCUT2D eigenvalue weighted by molar-refractivity contribution is 6.06. The molecule has 0 unspecified atom stereocenters. The van der Waals surface area contributed by atoms with E-state index in [1.807, 2.05) is 20.8 Å². The summed E-state index contributed by atoms with van der Waals surface area (Å²) in [5.41, 5.74) is -0.378. The van der Waals surface area contributed by atoms with E-state index in [1.165, 1.54) is 15.7 Å². The van der Waals surface area contributed by atoms with Gasteiger partial charge in [-0.05, 0) is 6.07 Å². The molecular formula is C18H22N2O3. The van der Waals surface area contributed by atoms with Crippen molar-refractivity contribution in [2.24, 2.45) is 5.41 Å². The average Bonchev–Trinajstić information content (AvgIpc) is 2.48. The van der Waals surface area contributed by atoms with Crippen molar-refractivity contribution in [1.29, 1.82) is 0 Å². The first-order valence-electron chi connectivity index (χ1n) is 7.50. The maximum Gasteiger partial charge on any atom is 0.258 e. The Bertz CT molecular complexity index is 826. The molecule has 1 heterocycles. The number of pyridine rings is 1. The van der Waals surface area contributed by atoms with E-state index in [4.69, 9.17) is 0 Å². The number of Topliss-reactive ketones (excluding diaryl/α,β-unsaturated/α-hetero) is 1. The van der Waals surface area contributed by atoms with E-state index in [0.717, 1.165) is 0 Å². The molecule has 0 saturated heterocycles. The minimum Gasteiger partial charge on any atom is -0.345 e. The summed E-state index contributed by atoms with van der Waals surface area (Å²) in [5.74, 6) is -0.253. The van der Waals surface area contributed by atoms with Crippen LogP contribution >= 0.6 is 0 Å². The Kier molecular flexibility index (Phi) is 4.41. The number of benzene rings is 1. The van der Waals surface area contributed by atoms with Crippen LogP contribution in [0, 0.1) is 5.41 Å². The molecule has 0 aliphatic rings. The lowest BCUT2D eigenvalue weighted by Crippen LogP contribution is -2.32. The third-order valence-electron chi connectivity index (χ3n) is 3.78. The number of ketones is 1. The molecule has 1 aromatic heterocycles. The maximum absolute atomic E-state index is 12.6. The van der Waals surface area contributed by atoms with Gasteiger partial charge in [0.25, 0.3) is 11.5 Å². The Morgan fingerprint density at radius 1 is 1.09 bits per heavy atom. The Morgan fingerprint density at radius 3 is 2.17 bits per heavy atom. The van der Waals surface area contributed by atoms with Gasteiger partial charge in [-0.3, -0.25) is 14.4 Å². The van der Waals surface area contributed by atoms with E-state index < -0.39 is 5.41 Å². The fraction of sp³-hybridized carbons (Fsp3) is 0.389. The van der Waals surface area contributed by atoms with Gasteiger partial charge in [0.1, 0.15) is 0 Å². The standard InChI is InChI=1S/C18H22N2O3/c1-18(2,3)15(21)11-20-10-14(16(22)19(4)5)12-8-6-7-9-13(12)17(20)23/h6-10H,11H2,1-5H3. The van der Waals surface area contributed by atoms with Gasteiger partial charge in [0.2, 0.25) is 0 Å². The maximum atomic E-state index is 12.6. The number of hydrogen-bond acceptors (Lipinski definition) is 3. The van der Waals surface area contributed by atoms with Gasteiger partial charge in [-0.25, -0.2) is 0 Å². The second-order valence-corrected chi connectivity index (χ2v) is 6.89. The summed E-state index contributed by atoms with van der Waals surface area (Å²) in [6.45, 7) is 5.40. The van der Waals surface area contributed by atoms with Crippen molar-refractivity contribution >= 4 is 22.5 Å². The minimum absolute atomic E-state index is 0.0408. The highest BCUT2D eigenvalue weighted by atomic mass is 16.2. The van der Waals surface area contributed by atoms with Crippen molar-refractivity contribution < 1.29 is 9.59 Å². The SMILES string of the molecule is CN(C)C(=O)c1cn(CC(=O)C(C)(C)C)c(=O)c2ccccc12. The second kappa shape index (κ2) is 5.99. The lowest BCUT2D eigenvalue weighted by atomic mass is 9.91. The molecule has 0 N–H and O–H groups in total. The first-order valence-corrected chi connectivity index (χ1v) is 7.50. The molecule has 5 nitrogen and oxygen atoms in total. The summed E-state index contributed by atoms with van der Waals surface area (Å²) in [7, 11) is 3.32. The van der Waals surface area contributed by atoms with Crippen LogP contribution in [0.5, 0.6) is 0 Å².